The molecule has 84 valence electrons. The van der Waals surface area contributed by atoms with Crippen LogP contribution in [-0.2, 0) is 14.9 Å². The molecular weight excluding hydrogens is 271 g/mol. The Hall–Kier alpha value is -0.460. The monoisotopic (exact) mass is 275 g/mol. The summed E-state index contributed by atoms with van der Waals surface area (Å²) in [4.78, 5) is 2.94. The first-order valence-corrected chi connectivity index (χ1v) is 6.48. The zero-order valence-corrected chi connectivity index (χ0v) is 9.45. The molecule has 8 heteroatoms. The minimum absolute atomic E-state index is 0.0936. The molecule has 0 aliphatic heterocycles. The second-order valence-electron chi connectivity index (χ2n) is 2.59. The van der Waals surface area contributed by atoms with Gasteiger partial charge in [0.2, 0.25) is 0 Å². The minimum Gasteiger partial charge on any atom is -0.255 e. The summed E-state index contributed by atoms with van der Waals surface area (Å²) < 4.78 is 46.5. The van der Waals surface area contributed by atoms with Crippen molar-refractivity contribution >= 4 is 31.3 Å². The van der Waals surface area contributed by atoms with Crippen LogP contribution in [0, 0.1) is 0 Å². The van der Waals surface area contributed by atoms with Gasteiger partial charge in [0, 0.05) is 22.4 Å². The summed E-state index contributed by atoms with van der Waals surface area (Å²) in [6, 6.07) is 0.727. The van der Waals surface area contributed by atoms with Gasteiger partial charge in [-0.1, -0.05) is 0 Å². The molecule has 0 unspecified atom stereocenters. The normalized spacial score (nSPS) is 12.1. The van der Waals surface area contributed by atoms with E-state index in [1.807, 2.05) is 0 Å². The Morgan fingerprint density at radius 3 is 2.47 bits per heavy atom. The van der Waals surface area contributed by atoms with Crippen LogP contribution >= 0.6 is 22.3 Å². The fourth-order valence-corrected chi connectivity index (χ4v) is 2.35. The highest BCUT2D eigenvalue weighted by atomic mass is 35.7. The number of nitrogens with zero attached hydrogens (tertiary/aromatic N) is 1. The van der Waals surface area contributed by atoms with Crippen molar-refractivity contribution in [3.63, 3.8) is 0 Å². The van der Waals surface area contributed by atoms with E-state index in [9.17, 15) is 17.2 Å². The van der Waals surface area contributed by atoms with Gasteiger partial charge in [0.05, 0.1) is 10.8 Å². The summed E-state index contributed by atoms with van der Waals surface area (Å²) in [5.41, 5.74) is -0.556. The van der Waals surface area contributed by atoms with Gasteiger partial charge in [0.1, 0.15) is 5.69 Å². The Kier molecular flexibility index (Phi) is 3.86. The van der Waals surface area contributed by atoms with Crippen molar-refractivity contribution in [1.29, 1.82) is 0 Å². The van der Waals surface area contributed by atoms with Crippen molar-refractivity contribution in [1.82, 2.24) is 4.98 Å². The molecular formula is C7H5Cl2F2NO2S. The molecule has 0 saturated carbocycles. The summed E-state index contributed by atoms with van der Waals surface area (Å²) in [6.07, 6.45) is -1.88. The average molecular weight is 276 g/mol. The number of rotatable bonds is 3. The molecule has 1 aromatic rings. The van der Waals surface area contributed by atoms with Gasteiger partial charge in [-0.25, -0.2) is 17.2 Å². The molecule has 15 heavy (non-hydrogen) atoms. The van der Waals surface area contributed by atoms with E-state index in [0.29, 0.717) is 0 Å². The van der Waals surface area contributed by atoms with E-state index in [4.69, 9.17) is 22.3 Å². The number of pyridine rings is 1. The van der Waals surface area contributed by atoms with Crippen molar-refractivity contribution in [2.24, 2.45) is 0 Å². The summed E-state index contributed by atoms with van der Waals surface area (Å²) in [5.74, 6) is -0.169. The first-order chi connectivity index (χ1) is 6.86. The molecule has 0 aromatic carbocycles. The standard InChI is InChI=1S/C7H5Cl2F2NO2S/c8-2-4-3-12-5(7(10)11)1-6(4)15(9,13)14/h1,3,7H,2H2. The van der Waals surface area contributed by atoms with Gasteiger partial charge in [-0.2, -0.15) is 0 Å². The van der Waals surface area contributed by atoms with Crippen molar-refractivity contribution in [2.45, 2.75) is 17.2 Å². The fraction of sp³-hybridized carbons (Fsp3) is 0.286. The van der Waals surface area contributed by atoms with Gasteiger partial charge in [-0.05, 0) is 6.07 Å². The highest BCUT2D eigenvalue weighted by molar-refractivity contribution is 8.13. The second-order valence-corrected chi connectivity index (χ2v) is 5.39. The molecule has 0 fully saturated rings. The highest BCUT2D eigenvalue weighted by Crippen LogP contribution is 2.25. The Balaban J connectivity index is 3.39. The lowest BCUT2D eigenvalue weighted by Crippen LogP contribution is -2.01. The molecule has 0 saturated heterocycles. The molecule has 0 spiro atoms. The van der Waals surface area contributed by atoms with Gasteiger partial charge in [-0.3, -0.25) is 4.98 Å². The van der Waals surface area contributed by atoms with Crippen LogP contribution in [0.4, 0.5) is 8.78 Å². The number of aromatic nitrogens is 1. The van der Waals surface area contributed by atoms with Crippen LogP contribution in [0.3, 0.4) is 0 Å². The maximum absolute atomic E-state index is 12.2. The van der Waals surface area contributed by atoms with E-state index in [1.165, 1.54) is 0 Å². The molecule has 0 atom stereocenters. The summed E-state index contributed by atoms with van der Waals surface area (Å²) in [6.45, 7) is 0. The maximum atomic E-state index is 12.2. The van der Waals surface area contributed by atoms with E-state index < -0.39 is 26.1 Å². The van der Waals surface area contributed by atoms with Gasteiger partial charge >= 0.3 is 0 Å². The van der Waals surface area contributed by atoms with Crippen molar-refractivity contribution in [3.05, 3.63) is 23.5 Å². The molecule has 0 bridgehead atoms. The molecule has 0 amide bonds. The Morgan fingerprint density at radius 1 is 1.47 bits per heavy atom. The average Bonchev–Trinajstić information content (AvgIpc) is 2.15. The van der Waals surface area contributed by atoms with Crippen LogP contribution < -0.4 is 0 Å². The fourth-order valence-electron chi connectivity index (χ4n) is 0.927. The van der Waals surface area contributed by atoms with E-state index in [0.717, 1.165) is 12.3 Å². The van der Waals surface area contributed by atoms with Crippen molar-refractivity contribution < 1.29 is 17.2 Å². The van der Waals surface area contributed by atoms with Crippen LogP contribution in [0.2, 0.25) is 0 Å². The third-order valence-corrected chi connectivity index (χ3v) is 3.29. The first-order valence-electron chi connectivity index (χ1n) is 3.64. The van der Waals surface area contributed by atoms with Crippen LogP contribution in [0.15, 0.2) is 17.2 Å². The topological polar surface area (TPSA) is 47.0 Å². The predicted molar refractivity (Wildman–Crippen MR) is 51.8 cm³/mol. The highest BCUT2D eigenvalue weighted by Gasteiger charge is 2.19. The van der Waals surface area contributed by atoms with Gasteiger partial charge in [0.15, 0.2) is 0 Å². The number of hydrogen-bond donors (Lipinski definition) is 0. The summed E-state index contributed by atoms with van der Waals surface area (Å²) in [7, 11) is 0.973. The van der Waals surface area contributed by atoms with Gasteiger partial charge in [-0.15, -0.1) is 11.6 Å². The summed E-state index contributed by atoms with van der Waals surface area (Å²) >= 11 is 5.42. The number of hydrogen-bond acceptors (Lipinski definition) is 3. The quantitative estimate of drug-likeness (QED) is 0.630. The van der Waals surface area contributed by atoms with Gasteiger partial charge in [0.25, 0.3) is 15.5 Å². The smallest absolute Gasteiger partial charge is 0.255 e. The predicted octanol–water partition coefficient (Wildman–Crippen LogP) is 2.69. The molecule has 1 heterocycles. The van der Waals surface area contributed by atoms with Crippen molar-refractivity contribution in [3.8, 4) is 0 Å². The van der Waals surface area contributed by atoms with Gasteiger partial charge < -0.3 is 0 Å². The Labute approximate surface area is 94.4 Å². The minimum atomic E-state index is -4.09. The molecule has 1 rings (SSSR count). The molecule has 1 aromatic heterocycles. The second kappa shape index (κ2) is 4.59. The zero-order valence-electron chi connectivity index (χ0n) is 7.12. The van der Waals surface area contributed by atoms with Crippen molar-refractivity contribution in [2.75, 3.05) is 0 Å². The van der Waals surface area contributed by atoms with Crippen LogP contribution in [0.25, 0.3) is 0 Å². The molecule has 3 nitrogen and oxygen atoms in total. The molecule has 0 aliphatic carbocycles. The maximum Gasteiger partial charge on any atom is 0.280 e. The Morgan fingerprint density at radius 2 is 2.07 bits per heavy atom. The van der Waals surface area contributed by atoms with E-state index in [-0.39, 0.29) is 11.4 Å². The van der Waals surface area contributed by atoms with Crippen LogP contribution in [-0.4, -0.2) is 13.4 Å². The molecule has 0 aliphatic rings. The lowest BCUT2D eigenvalue weighted by atomic mass is 10.3. The third-order valence-electron chi connectivity index (χ3n) is 1.60. The lowest BCUT2D eigenvalue weighted by molar-refractivity contribution is 0.145. The number of alkyl halides is 3. The molecule has 0 N–H and O–H groups in total. The van der Waals surface area contributed by atoms with Crippen LogP contribution in [0.5, 0.6) is 0 Å². The SMILES string of the molecule is O=S(=O)(Cl)c1cc(C(F)F)ncc1CCl. The van der Waals surface area contributed by atoms with E-state index in [2.05, 4.69) is 4.98 Å². The molecule has 0 radical (unpaired) electrons. The lowest BCUT2D eigenvalue weighted by Gasteiger charge is -2.05. The zero-order chi connectivity index (χ0) is 11.6. The Bertz CT molecular complexity index is 464. The summed E-state index contributed by atoms with van der Waals surface area (Å²) in [5, 5.41) is 0. The third kappa shape index (κ3) is 2.99. The van der Waals surface area contributed by atoms with E-state index >= 15 is 0 Å². The van der Waals surface area contributed by atoms with Crippen LogP contribution in [0.1, 0.15) is 17.7 Å². The number of halogens is 4. The largest absolute Gasteiger partial charge is 0.280 e. The van der Waals surface area contributed by atoms with E-state index in [1.54, 1.807) is 0 Å². The first kappa shape index (κ1) is 12.6.